The molecule has 19 heavy (non-hydrogen) atoms. The number of para-hydroxylation sites is 1. The van der Waals surface area contributed by atoms with Crippen LogP contribution in [0.15, 0.2) is 22.7 Å². The van der Waals surface area contributed by atoms with E-state index in [0.717, 1.165) is 26.2 Å². The van der Waals surface area contributed by atoms with E-state index in [1.807, 2.05) is 6.07 Å². The van der Waals surface area contributed by atoms with Crippen molar-refractivity contribution in [1.82, 2.24) is 10.2 Å². The fourth-order valence-corrected chi connectivity index (χ4v) is 2.55. The van der Waals surface area contributed by atoms with Crippen molar-refractivity contribution in [3.05, 3.63) is 28.2 Å². The zero-order valence-corrected chi connectivity index (χ0v) is 13.5. The highest BCUT2D eigenvalue weighted by Crippen LogP contribution is 2.34. The van der Waals surface area contributed by atoms with Crippen LogP contribution in [-0.2, 0) is 0 Å². The number of nitrogens with one attached hydrogen (secondary N) is 1. The quantitative estimate of drug-likeness (QED) is 0.852. The minimum atomic E-state index is -0.482. The first-order chi connectivity index (χ1) is 8.24. The SMILES string of the molecule is Cl.Cl.Oc1c(Br)cccc1[C@@H](CF)N1CCNCC1. The van der Waals surface area contributed by atoms with Crippen molar-refractivity contribution in [3.63, 3.8) is 0 Å². The van der Waals surface area contributed by atoms with E-state index < -0.39 is 6.67 Å². The first-order valence-electron chi connectivity index (χ1n) is 5.72. The van der Waals surface area contributed by atoms with Crippen LogP contribution in [0.2, 0.25) is 0 Å². The maximum Gasteiger partial charge on any atom is 0.134 e. The van der Waals surface area contributed by atoms with Crippen molar-refractivity contribution < 1.29 is 9.50 Å². The molecule has 1 saturated heterocycles. The van der Waals surface area contributed by atoms with Crippen molar-refractivity contribution >= 4 is 40.7 Å². The number of aromatic hydroxyl groups is 1. The molecule has 1 aliphatic rings. The molecule has 2 N–H and O–H groups in total. The van der Waals surface area contributed by atoms with Gasteiger partial charge in [0.2, 0.25) is 0 Å². The zero-order valence-electron chi connectivity index (χ0n) is 10.3. The van der Waals surface area contributed by atoms with E-state index in [1.165, 1.54) is 0 Å². The van der Waals surface area contributed by atoms with Gasteiger partial charge in [0.1, 0.15) is 12.4 Å². The molecule has 1 fully saturated rings. The molecule has 0 aliphatic carbocycles. The van der Waals surface area contributed by atoms with Crippen LogP contribution in [0.4, 0.5) is 4.39 Å². The van der Waals surface area contributed by atoms with Crippen molar-refractivity contribution in [2.75, 3.05) is 32.9 Å². The number of piperazine rings is 1. The smallest absolute Gasteiger partial charge is 0.134 e. The molecule has 0 aromatic heterocycles. The molecule has 3 nitrogen and oxygen atoms in total. The Labute approximate surface area is 133 Å². The van der Waals surface area contributed by atoms with Crippen molar-refractivity contribution in [2.24, 2.45) is 0 Å². The highest BCUT2D eigenvalue weighted by Gasteiger charge is 2.24. The van der Waals surface area contributed by atoms with Gasteiger partial charge in [0, 0.05) is 31.7 Å². The lowest BCUT2D eigenvalue weighted by molar-refractivity contribution is 0.145. The van der Waals surface area contributed by atoms with E-state index >= 15 is 0 Å². The Kier molecular flexibility index (Phi) is 8.94. The lowest BCUT2D eigenvalue weighted by Crippen LogP contribution is -2.45. The summed E-state index contributed by atoms with van der Waals surface area (Å²) in [5.74, 6) is 0.147. The number of phenols is 1. The minimum Gasteiger partial charge on any atom is -0.506 e. The average Bonchev–Trinajstić information content (AvgIpc) is 2.37. The normalized spacial score (nSPS) is 17.2. The van der Waals surface area contributed by atoms with Gasteiger partial charge in [-0.3, -0.25) is 4.90 Å². The molecule has 1 atom stereocenters. The number of hydrogen-bond donors (Lipinski definition) is 2. The Bertz CT molecular complexity index is 392. The summed E-state index contributed by atoms with van der Waals surface area (Å²) in [6.07, 6.45) is 0. The second-order valence-corrected chi connectivity index (χ2v) is 4.99. The van der Waals surface area contributed by atoms with Gasteiger partial charge in [-0.1, -0.05) is 12.1 Å². The Morgan fingerprint density at radius 1 is 1.32 bits per heavy atom. The number of nitrogens with zero attached hydrogens (tertiary/aromatic N) is 1. The van der Waals surface area contributed by atoms with Gasteiger partial charge in [-0.05, 0) is 22.0 Å². The van der Waals surface area contributed by atoms with E-state index in [2.05, 4.69) is 26.1 Å². The first-order valence-corrected chi connectivity index (χ1v) is 6.51. The summed E-state index contributed by atoms with van der Waals surface area (Å²) < 4.78 is 13.9. The average molecular weight is 376 g/mol. The van der Waals surface area contributed by atoms with Gasteiger partial charge >= 0.3 is 0 Å². The number of rotatable bonds is 3. The van der Waals surface area contributed by atoms with Crippen LogP contribution in [0.5, 0.6) is 5.75 Å². The molecule has 0 amide bonds. The Balaban J connectivity index is 0.00000162. The van der Waals surface area contributed by atoms with Crippen LogP contribution < -0.4 is 5.32 Å². The molecule has 0 radical (unpaired) electrons. The van der Waals surface area contributed by atoms with Crippen molar-refractivity contribution in [3.8, 4) is 5.75 Å². The van der Waals surface area contributed by atoms with Crippen LogP contribution in [0.3, 0.4) is 0 Å². The van der Waals surface area contributed by atoms with Crippen molar-refractivity contribution in [1.29, 1.82) is 0 Å². The van der Waals surface area contributed by atoms with E-state index in [-0.39, 0.29) is 36.6 Å². The van der Waals surface area contributed by atoms with Crippen LogP contribution >= 0.6 is 40.7 Å². The largest absolute Gasteiger partial charge is 0.506 e. The molecule has 1 aromatic rings. The van der Waals surface area contributed by atoms with E-state index in [1.54, 1.807) is 12.1 Å². The fraction of sp³-hybridized carbons (Fsp3) is 0.500. The predicted octanol–water partition coefficient (Wildman–Crippen LogP) is 2.91. The molecule has 1 heterocycles. The number of halogens is 4. The lowest BCUT2D eigenvalue weighted by Gasteiger charge is -2.34. The monoisotopic (exact) mass is 374 g/mol. The molecule has 0 bridgehead atoms. The molecule has 7 heteroatoms. The number of benzene rings is 1. The van der Waals surface area contributed by atoms with Gasteiger partial charge in [0.15, 0.2) is 0 Å². The lowest BCUT2D eigenvalue weighted by atomic mass is 10.0. The summed E-state index contributed by atoms with van der Waals surface area (Å²) in [5, 5.41) is 13.2. The Hall–Kier alpha value is -0.0700. The molecule has 0 unspecified atom stereocenters. The van der Waals surface area contributed by atoms with Crippen LogP contribution in [0, 0.1) is 0 Å². The van der Waals surface area contributed by atoms with Gasteiger partial charge in [-0.2, -0.15) is 0 Å². The molecule has 1 aliphatic heterocycles. The second-order valence-electron chi connectivity index (χ2n) is 4.13. The summed E-state index contributed by atoms with van der Waals surface area (Å²) in [7, 11) is 0. The summed E-state index contributed by atoms with van der Waals surface area (Å²) >= 11 is 3.26. The van der Waals surface area contributed by atoms with Crippen LogP contribution in [-0.4, -0.2) is 42.9 Å². The highest BCUT2D eigenvalue weighted by molar-refractivity contribution is 9.10. The maximum absolute atomic E-state index is 13.3. The molecule has 1 aromatic carbocycles. The third kappa shape index (κ3) is 4.46. The molecular weight excluding hydrogens is 358 g/mol. The Morgan fingerprint density at radius 3 is 2.53 bits per heavy atom. The highest BCUT2D eigenvalue weighted by atomic mass is 79.9. The maximum atomic E-state index is 13.3. The second kappa shape index (κ2) is 8.97. The van der Waals surface area contributed by atoms with Gasteiger partial charge in [0.25, 0.3) is 0 Å². The molecule has 0 spiro atoms. The third-order valence-electron chi connectivity index (χ3n) is 3.12. The summed E-state index contributed by atoms with van der Waals surface area (Å²) in [6, 6.07) is 5.01. The van der Waals surface area contributed by atoms with E-state index in [9.17, 15) is 9.50 Å². The van der Waals surface area contributed by atoms with Gasteiger partial charge in [0.05, 0.1) is 10.5 Å². The van der Waals surface area contributed by atoms with Gasteiger partial charge < -0.3 is 10.4 Å². The van der Waals surface area contributed by atoms with Crippen LogP contribution in [0.25, 0.3) is 0 Å². The van der Waals surface area contributed by atoms with E-state index in [0.29, 0.717) is 10.0 Å². The van der Waals surface area contributed by atoms with Crippen LogP contribution in [0.1, 0.15) is 11.6 Å². The topological polar surface area (TPSA) is 35.5 Å². The molecule has 2 rings (SSSR count). The van der Waals surface area contributed by atoms with E-state index in [4.69, 9.17) is 0 Å². The molecule has 0 saturated carbocycles. The summed E-state index contributed by atoms with van der Waals surface area (Å²) in [4.78, 5) is 2.07. The summed E-state index contributed by atoms with van der Waals surface area (Å²) in [6.45, 7) is 2.86. The Morgan fingerprint density at radius 2 is 1.95 bits per heavy atom. The molecular formula is C12H18BrCl2FN2O. The van der Waals surface area contributed by atoms with Gasteiger partial charge in [-0.25, -0.2) is 4.39 Å². The molecule has 110 valence electrons. The van der Waals surface area contributed by atoms with Crippen molar-refractivity contribution in [2.45, 2.75) is 6.04 Å². The predicted molar refractivity (Wildman–Crippen MR) is 83.5 cm³/mol. The third-order valence-corrected chi connectivity index (χ3v) is 3.76. The number of hydrogen-bond acceptors (Lipinski definition) is 3. The fourth-order valence-electron chi connectivity index (χ4n) is 2.17. The number of phenolic OH excluding ortho intramolecular Hbond substituents is 1. The summed E-state index contributed by atoms with van der Waals surface area (Å²) in [5.41, 5.74) is 0.656. The minimum absolute atomic E-state index is 0. The first kappa shape index (κ1) is 18.9. The zero-order chi connectivity index (χ0) is 12.3. The standard InChI is InChI=1S/C12H16BrFN2O.2ClH/c13-10-3-1-2-9(12(10)17)11(8-14)16-6-4-15-5-7-16;;/h1-3,11,15,17H,4-8H2;2*1H/t11-;;/m1../s1. The number of alkyl halides is 1. The van der Waals surface area contributed by atoms with Gasteiger partial charge in [-0.15, -0.1) is 24.8 Å².